The second kappa shape index (κ2) is 4.42. The van der Waals surface area contributed by atoms with E-state index in [2.05, 4.69) is 6.58 Å². The third kappa shape index (κ3) is 2.31. The van der Waals surface area contributed by atoms with Crippen LogP contribution < -0.4 is 0 Å². The average Bonchev–Trinajstić information content (AvgIpc) is 2.16. The van der Waals surface area contributed by atoms with Gasteiger partial charge in [0.2, 0.25) is 0 Å². The van der Waals surface area contributed by atoms with Crippen molar-refractivity contribution in [2.24, 2.45) is 0 Å². The van der Waals surface area contributed by atoms with Crippen molar-refractivity contribution in [3.05, 3.63) is 12.7 Å². The highest BCUT2D eigenvalue weighted by Crippen LogP contribution is 2.19. The Balaban J connectivity index is 2.66. The summed E-state index contributed by atoms with van der Waals surface area (Å²) >= 11 is 0. The van der Waals surface area contributed by atoms with E-state index in [1.54, 1.807) is 6.08 Å². The Morgan fingerprint density at radius 3 is 2.92 bits per heavy atom. The molecular formula is C10H17NO2. The Bertz CT molecular complexity index is 203. The van der Waals surface area contributed by atoms with Crippen molar-refractivity contribution in [2.75, 3.05) is 6.54 Å². The molecule has 1 aliphatic rings. The lowest BCUT2D eigenvalue weighted by Gasteiger charge is -2.36. The van der Waals surface area contributed by atoms with Gasteiger partial charge in [0.05, 0.1) is 0 Å². The molecule has 1 aliphatic heterocycles. The molecule has 3 nitrogen and oxygen atoms in total. The average molecular weight is 183 g/mol. The summed E-state index contributed by atoms with van der Waals surface area (Å²) < 4.78 is 0. The van der Waals surface area contributed by atoms with Crippen LogP contribution in [0.4, 0.5) is 0 Å². The number of aliphatic carboxylic acids is 1. The number of piperidine rings is 1. The molecule has 0 aromatic rings. The van der Waals surface area contributed by atoms with Crippen LogP contribution in [0.15, 0.2) is 12.7 Å². The van der Waals surface area contributed by atoms with Gasteiger partial charge in [0.25, 0.3) is 0 Å². The Hall–Kier alpha value is -0.830. The largest absolute Gasteiger partial charge is 0.480 e. The molecule has 0 aliphatic carbocycles. The zero-order chi connectivity index (χ0) is 9.84. The molecule has 0 saturated carbocycles. The van der Waals surface area contributed by atoms with Gasteiger partial charge in [0, 0.05) is 6.04 Å². The van der Waals surface area contributed by atoms with E-state index in [1.807, 2.05) is 11.8 Å². The van der Waals surface area contributed by atoms with Gasteiger partial charge in [-0.25, -0.2) is 0 Å². The van der Waals surface area contributed by atoms with E-state index >= 15 is 0 Å². The second-order valence-corrected chi connectivity index (χ2v) is 3.56. The molecule has 13 heavy (non-hydrogen) atoms. The van der Waals surface area contributed by atoms with Gasteiger partial charge < -0.3 is 5.11 Å². The van der Waals surface area contributed by atoms with E-state index in [0.29, 0.717) is 0 Å². The molecule has 3 heteroatoms. The highest BCUT2D eigenvalue weighted by molar-refractivity contribution is 5.73. The smallest absolute Gasteiger partial charge is 0.320 e. The number of rotatable bonds is 3. The molecule has 1 saturated heterocycles. The molecule has 0 spiro atoms. The first-order chi connectivity index (χ1) is 6.16. The lowest BCUT2D eigenvalue weighted by molar-refractivity contribution is -0.145. The fraction of sp³-hybridized carbons (Fsp3) is 0.700. The van der Waals surface area contributed by atoms with Crippen LogP contribution in [0.1, 0.15) is 26.2 Å². The molecule has 74 valence electrons. The van der Waals surface area contributed by atoms with Crippen molar-refractivity contribution in [1.29, 1.82) is 0 Å². The van der Waals surface area contributed by atoms with Crippen molar-refractivity contribution in [3.8, 4) is 0 Å². The topological polar surface area (TPSA) is 40.5 Å². The molecule has 0 aromatic carbocycles. The van der Waals surface area contributed by atoms with Crippen LogP contribution in [0.5, 0.6) is 0 Å². The highest BCUT2D eigenvalue weighted by atomic mass is 16.4. The van der Waals surface area contributed by atoms with E-state index in [0.717, 1.165) is 25.8 Å². The molecule has 1 heterocycles. The zero-order valence-corrected chi connectivity index (χ0v) is 8.07. The van der Waals surface area contributed by atoms with Gasteiger partial charge in [-0.05, 0) is 26.3 Å². The molecule has 0 aromatic heterocycles. The fourth-order valence-electron chi connectivity index (χ4n) is 1.84. The van der Waals surface area contributed by atoms with Gasteiger partial charge in [-0.3, -0.25) is 9.69 Å². The van der Waals surface area contributed by atoms with E-state index in [-0.39, 0.29) is 12.1 Å². The number of nitrogens with zero attached hydrogens (tertiary/aromatic N) is 1. The van der Waals surface area contributed by atoms with Crippen molar-refractivity contribution >= 4 is 5.97 Å². The predicted molar refractivity (Wildman–Crippen MR) is 51.6 cm³/mol. The molecule has 1 N–H and O–H groups in total. The predicted octanol–water partition coefficient (Wildman–Crippen LogP) is 1.50. The summed E-state index contributed by atoms with van der Waals surface area (Å²) in [6.45, 7) is 6.57. The van der Waals surface area contributed by atoms with Crippen LogP contribution in [-0.2, 0) is 4.79 Å². The zero-order valence-electron chi connectivity index (χ0n) is 8.07. The fourth-order valence-corrected chi connectivity index (χ4v) is 1.84. The number of carboxylic acids is 1. The summed E-state index contributed by atoms with van der Waals surface area (Å²) in [6.07, 6.45) is 4.70. The number of hydrogen-bond acceptors (Lipinski definition) is 2. The summed E-state index contributed by atoms with van der Waals surface area (Å²) in [6, 6.07) is -0.136. The first-order valence-electron chi connectivity index (χ1n) is 4.78. The first kappa shape index (κ1) is 10.3. The van der Waals surface area contributed by atoms with Gasteiger partial charge in [0.1, 0.15) is 6.04 Å². The maximum absolute atomic E-state index is 10.9. The van der Waals surface area contributed by atoms with Crippen LogP contribution in [0.3, 0.4) is 0 Å². The Morgan fingerprint density at radius 1 is 1.69 bits per heavy atom. The number of carbonyl (C=O) groups is 1. The standard InChI is InChI=1S/C10H17NO2/c1-3-8(2)11-7-5-4-6-9(11)10(12)13/h3,8-9H,1,4-7H2,2H3,(H,12,13). The Kier molecular flexibility index (Phi) is 3.48. The summed E-state index contributed by atoms with van der Waals surface area (Å²) in [5, 5.41) is 8.98. The molecule has 0 radical (unpaired) electrons. The summed E-state index contributed by atoms with van der Waals surface area (Å²) in [5.74, 6) is -0.701. The molecule has 1 rings (SSSR count). The van der Waals surface area contributed by atoms with Crippen molar-refractivity contribution in [3.63, 3.8) is 0 Å². The Morgan fingerprint density at radius 2 is 2.38 bits per heavy atom. The monoisotopic (exact) mass is 183 g/mol. The third-order valence-corrected chi connectivity index (χ3v) is 2.69. The molecular weight excluding hydrogens is 166 g/mol. The van der Waals surface area contributed by atoms with Crippen LogP contribution >= 0.6 is 0 Å². The maximum Gasteiger partial charge on any atom is 0.320 e. The van der Waals surface area contributed by atoms with E-state index < -0.39 is 5.97 Å². The third-order valence-electron chi connectivity index (χ3n) is 2.69. The van der Waals surface area contributed by atoms with Gasteiger partial charge in [-0.1, -0.05) is 12.5 Å². The lowest BCUT2D eigenvalue weighted by Crippen LogP contribution is -2.48. The minimum absolute atomic E-state index is 0.168. The van der Waals surface area contributed by atoms with Crippen LogP contribution in [0.25, 0.3) is 0 Å². The molecule has 2 unspecified atom stereocenters. The summed E-state index contributed by atoms with van der Waals surface area (Å²) in [5.41, 5.74) is 0. The van der Waals surface area contributed by atoms with E-state index in [1.165, 1.54) is 0 Å². The highest BCUT2D eigenvalue weighted by Gasteiger charge is 2.30. The molecule has 2 atom stereocenters. The van der Waals surface area contributed by atoms with Crippen molar-refractivity contribution < 1.29 is 9.90 Å². The van der Waals surface area contributed by atoms with Gasteiger partial charge in [-0.2, -0.15) is 0 Å². The first-order valence-corrected chi connectivity index (χ1v) is 4.78. The van der Waals surface area contributed by atoms with Crippen LogP contribution in [0, 0.1) is 0 Å². The quantitative estimate of drug-likeness (QED) is 0.674. The normalized spacial score (nSPS) is 26.7. The van der Waals surface area contributed by atoms with Crippen molar-refractivity contribution in [1.82, 2.24) is 4.90 Å². The molecule has 0 bridgehead atoms. The van der Waals surface area contributed by atoms with E-state index in [9.17, 15) is 4.79 Å². The lowest BCUT2D eigenvalue weighted by atomic mass is 10.0. The van der Waals surface area contributed by atoms with Crippen molar-refractivity contribution in [2.45, 2.75) is 38.3 Å². The minimum atomic E-state index is -0.701. The van der Waals surface area contributed by atoms with Crippen LogP contribution in [-0.4, -0.2) is 34.6 Å². The summed E-state index contributed by atoms with van der Waals surface area (Å²) in [4.78, 5) is 12.9. The number of carboxylic acid groups (broad SMARTS) is 1. The van der Waals surface area contributed by atoms with E-state index in [4.69, 9.17) is 5.11 Å². The second-order valence-electron chi connectivity index (χ2n) is 3.56. The summed E-state index contributed by atoms with van der Waals surface area (Å²) in [7, 11) is 0. The minimum Gasteiger partial charge on any atom is -0.480 e. The van der Waals surface area contributed by atoms with Crippen LogP contribution in [0.2, 0.25) is 0 Å². The van der Waals surface area contributed by atoms with Gasteiger partial charge in [0.15, 0.2) is 0 Å². The number of hydrogen-bond donors (Lipinski definition) is 1. The molecule has 1 fully saturated rings. The molecule has 0 amide bonds. The number of likely N-dealkylation sites (tertiary alicyclic amines) is 1. The Labute approximate surface area is 79.0 Å². The maximum atomic E-state index is 10.9. The van der Waals surface area contributed by atoms with Gasteiger partial charge >= 0.3 is 5.97 Å². The van der Waals surface area contributed by atoms with Gasteiger partial charge in [-0.15, -0.1) is 6.58 Å². The SMILES string of the molecule is C=CC(C)N1CCCCC1C(=O)O.